The SMILES string of the molecule is O=CN(c1cc(-c2ccc(NS(=O)(=O)c3ccc(F)c(F)c3)cc2)c2cc[nH]c2n1)C1CC1. The van der Waals surface area contributed by atoms with E-state index in [1.807, 2.05) is 12.1 Å². The van der Waals surface area contributed by atoms with Gasteiger partial charge in [-0.1, -0.05) is 12.1 Å². The number of amides is 1. The van der Waals surface area contributed by atoms with Gasteiger partial charge in [-0.15, -0.1) is 0 Å². The summed E-state index contributed by atoms with van der Waals surface area (Å²) in [7, 11) is -4.10. The second-order valence-corrected chi connectivity index (χ2v) is 9.45. The molecule has 0 unspecified atom stereocenters. The summed E-state index contributed by atoms with van der Waals surface area (Å²) < 4.78 is 54.0. The Bertz CT molecular complexity index is 1470. The van der Waals surface area contributed by atoms with Gasteiger partial charge in [0, 0.05) is 23.3 Å². The largest absolute Gasteiger partial charge is 0.346 e. The van der Waals surface area contributed by atoms with Crippen LogP contribution in [0.15, 0.2) is 65.7 Å². The maximum atomic E-state index is 13.5. The fraction of sp³-hybridized carbons (Fsp3) is 0.130. The molecular weight excluding hydrogens is 450 g/mol. The summed E-state index contributed by atoms with van der Waals surface area (Å²) in [6.07, 6.45) is 4.42. The molecule has 1 aliphatic carbocycles. The molecule has 1 aliphatic rings. The Kier molecular flexibility index (Phi) is 5.09. The number of carbonyl (C=O) groups is 1. The molecule has 2 aromatic carbocycles. The quantitative estimate of drug-likeness (QED) is 0.392. The summed E-state index contributed by atoms with van der Waals surface area (Å²) in [6.45, 7) is 0. The predicted octanol–water partition coefficient (Wildman–Crippen LogP) is 4.43. The van der Waals surface area contributed by atoms with E-state index in [1.54, 1.807) is 35.4 Å². The van der Waals surface area contributed by atoms with E-state index in [0.717, 1.165) is 47.9 Å². The lowest BCUT2D eigenvalue weighted by Gasteiger charge is -2.17. The Balaban J connectivity index is 1.46. The van der Waals surface area contributed by atoms with Gasteiger partial charge in [-0.2, -0.15) is 0 Å². The number of H-pyrrole nitrogens is 1. The summed E-state index contributed by atoms with van der Waals surface area (Å²) in [5.74, 6) is -1.82. The second-order valence-electron chi connectivity index (χ2n) is 7.77. The van der Waals surface area contributed by atoms with Crippen molar-refractivity contribution in [2.24, 2.45) is 0 Å². The van der Waals surface area contributed by atoms with E-state index in [0.29, 0.717) is 17.5 Å². The van der Waals surface area contributed by atoms with Crippen molar-refractivity contribution in [3.63, 3.8) is 0 Å². The van der Waals surface area contributed by atoms with E-state index in [-0.39, 0.29) is 16.6 Å². The van der Waals surface area contributed by atoms with Gasteiger partial charge in [-0.25, -0.2) is 22.2 Å². The first-order chi connectivity index (χ1) is 15.9. The molecule has 0 radical (unpaired) electrons. The number of benzene rings is 2. The number of aromatic nitrogens is 2. The monoisotopic (exact) mass is 468 g/mol. The molecule has 2 N–H and O–H groups in total. The number of nitrogens with one attached hydrogen (secondary N) is 2. The smallest absolute Gasteiger partial charge is 0.261 e. The van der Waals surface area contributed by atoms with Crippen molar-refractivity contribution in [3.05, 3.63) is 72.4 Å². The van der Waals surface area contributed by atoms with Crippen LogP contribution in [0.2, 0.25) is 0 Å². The maximum absolute atomic E-state index is 13.5. The van der Waals surface area contributed by atoms with Crippen LogP contribution in [0.4, 0.5) is 20.3 Å². The average Bonchev–Trinajstić information content (AvgIpc) is 3.51. The van der Waals surface area contributed by atoms with Crippen molar-refractivity contribution >= 4 is 39.0 Å². The van der Waals surface area contributed by atoms with E-state index < -0.39 is 21.7 Å². The van der Waals surface area contributed by atoms with Crippen molar-refractivity contribution in [3.8, 4) is 11.1 Å². The van der Waals surface area contributed by atoms with Crippen molar-refractivity contribution in [2.75, 3.05) is 9.62 Å². The summed E-state index contributed by atoms with van der Waals surface area (Å²) in [5, 5.41) is 0.857. The van der Waals surface area contributed by atoms with Crippen molar-refractivity contribution in [1.82, 2.24) is 9.97 Å². The van der Waals surface area contributed by atoms with Gasteiger partial charge in [-0.05, 0) is 66.4 Å². The third kappa shape index (κ3) is 4.05. The number of hydrogen-bond donors (Lipinski definition) is 2. The molecule has 1 saturated carbocycles. The number of halogens is 2. The van der Waals surface area contributed by atoms with Crippen molar-refractivity contribution in [1.29, 1.82) is 0 Å². The molecule has 2 aromatic heterocycles. The highest BCUT2D eigenvalue weighted by atomic mass is 32.2. The normalized spacial score (nSPS) is 13.8. The molecule has 4 aromatic rings. The Morgan fingerprint density at radius 2 is 1.79 bits per heavy atom. The Morgan fingerprint density at radius 3 is 2.45 bits per heavy atom. The van der Waals surface area contributed by atoms with E-state index >= 15 is 0 Å². The zero-order valence-electron chi connectivity index (χ0n) is 17.1. The molecule has 5 rings (SSSR count). The van der Waals surface area contributed by atoms with Crippen LogP contribution in [0.5, 0.6) is 0 Å². The summed E-state index contributed by atoms with van der Waals surface area (Å²) in [5.41, 5.74) is 2.52. The highest BCUT2D eigenvalue weighted by Crippen LogP contribution is 2.35. The zero-order chi connectivity index (χ0) is 23.2. The predicted molar refractivity (Wildman–Crippen MR) is 120 cm³/mol. The second kappa shape index (κ2) is 7.96. The van der Waals surface area contributed by atoms with E-state index in [1.165, 1.54) is 0 Å². The third-order valence-electron chi connectivity index (χ3n) is 5.48. The van der Waals surface area contributed by atoms with Crippen LogP contribution in [0.1, 0.15) is 12.8 Å². The lowest BCUT2D eigenvalue weighted by molar-refractivity contribution is -0.107. The van der Waals surface area contributed by atoms with Crippen molar-refractivity contribution in [2.45, 2.75) is 23.8 Å². The molecular formula is C23H18F2N4O3S. The Hall–Kier alpha value is -3.79. The lowest BCUT2D eigenvalue weighted by Crippen LogP contribution is -2.24. The number of rotatable bonds is 7. The van der Waals surface area contributed by atoms with E-state index in [9.17, 15) is 22.0 Å². The van der Waals surface area contributed by atoms with E-state index in [4.69, 9.17) is 0 Å². The maximum Gasteiger partial charge on any atom is 0.261 e. The van der Waals surface area contributed by atoms with Gasteiger partial charge in [0.1, 0.15) is 11.5 Å². The van der Waals surface area contributed by atoms with Gasteiger partial charge in [0.15, 0.2) is 11.6 Å². The first-order valence-electron chi connectivity index (χ1n) is 10.2. The number of nitrogens with zero attached hydrogens (tertiary/aromatic N) is 2. The molecule has 0 aliphatic heterocycles. The van der Waals surface area contributed by atoms with Crippen LogP contribution in [-0.2, 0) is 14.8 Å². The molecule has 33 heavy (non-hydrogen) atoms. The first kappa shape index (κ1) is 21.1. The zero-order valence-corrected chi connectivity index (χ0v) is 17.9. The van der Waals surface area contributed by atoms with Gasteiger partial charge in [-0.3, -0.25) is 14.4 Å². The summed E-state index contributed by atoms with van der Waals surface area (Å²) in [4.78, 5) is 20.5. The molecule has 1 amide bonds. The summed E-state index contributed by atoms with van der Waals surface area (Å²) >= 11 is 0. The average molecular weight is 468 g/mol. The number of sulfonamides is 1. The highest BCUT2D eigenvalue weighted by Gasteiger charge is 2.30. The standard InChI is InChI=1S/C23H18F2N4O3S/c24-20-8-7-17(11-21(20)25)33(31,32)28-15-3-1-14(2-4-15)19-12-22(29(13-30)16-5-6-16)27-23-18(19)9-10-26-23/h1-4,7-13,16,28H,5-6H2,(H,26,27). The number of anilines is 2. The molecule has 0 saturated heterocycles. The number of hydrogen-bond acceptors (Lipinski definition) is 4. The Morgan fingerprint density at radius 1 is 1.03 bits per heavy atom. The molecule has 0 spiro atoms. The Labute approximate surface area is 188 Å². The molecule has 2 heterocycles. The fourth-order valence-electron chi connectivity index (χ4n) is 3.65. The number of pyridine rings is 1. The van der Waals surface area contributed by atoms with Crippen LogP contribution in [0.3, 0.4) is 0 Å². The van der Waals surface area contributed by atoms with Crippen LogP contribution < -0.4 is 9.62 Å². The van der Waals surface area contributed by atoms with E-state index in [2.05, 4.69) is 14.7 Å². The molecule has 1 fully saturated rings. The lowest BCUT2D eigenvalue weighted by atomic mass is 10.0. The first-order valence-corrected chi connectivity index (χ1v) is 11.6. The number of fused-ring (bicyclic) bond motifs is 1. The van der Waals surface area contributed by atoms with Crippen LogP contribution in [0, 0.1) is 11.6 Å². The van der Waals surface area contributed by atoms with Gasteiger partial charge >= 0.3 is 0 Å². The highest BCUT2D eigenvalue weighted by molar-refractivity contribution is 7.92. The molecule has 7 nitrogen and oxygen atoms in total. The molecule has 168 valence electrons. The summed E-state index contributed by atoms with van der Waals surface area (Å²) in [6, 6.07) is 12.9. The topological polar surface area (TPSA) is 95.2 Å². The number of carbonyl (C=O) groups excluding carboxylic acids is 1. The van der Waals surface area contributed by atoms with Gasteiger partial charge in [0.25, 0.3) is 10.0 Å². The molecule has 10 heteroatoms. The van der Waals surface area contributed by atoms with Gasteiger partial charge in [0.2, 0.25) is 6.41 Å². The van der Waals surface area contributed by atoms with Gasteiger partial charge < -0.3 is 4.98 Å². The minimum atomic E-state index is -4.10. The third-order valence-corrected chi connectivity index (χ3v) is 6.86. The minimum Gasteiger partial charge on any atom is -0.346 e. The number of aromatic amines is 1. The molecule has 0 atom stereocenters. The van der Waals surface area contributed by atoms with Crippen LogP contribution in [-0.4, -0.2) is 30.8 Å². The van der Waals surface area contributed by atoms with Crippen molar-refractivity contribution < 1.29 is 22.0 Å². The fourth-order valence-corrected chi connectivity index (χ4v) is 4.72. The van der Waals surface area contributed by atoms with Crippen LogP contribution in [0.25, 0.3) is 22.2 Å². The molecule has 0 bridgehead atoms. The minimum absolute atomic E-state index is 0.156. The van der Waals surface area contributed by atoms with Gasteiger partial charge in [0.05, 0.1) is 4.90 Å². The van der Waals surface area contributed by atoms with Crippen LogP contribution >= 0.6 is 0 Å².